The lowest BCUT2D eigenvalue weighted by Crippen LogP contribution is -2.22. The zero-order chi connectivity index (χ0) is 17.8. The predicted octanol–water partition coefficient (Wildman–Crippen LogP) is 0.809. The van der Waals surface area contributed by atoms with Gasteiger partial charge in [-0.15, -0.1) is 0 Å². The number of carbonyl (C=O) groups excluding carboxylic acids is 3. The molecule has 0 unspecified atom stereocenters. The first kappa shape index (κ1) is 16.3. The van der Waals surface area contributed by atoms with E-state index in [0.717, 1.165) is 5.56 Å². The zero-order valence-corrected chi connectivity index (χ0v) is 12.9. The summed E-state index contributed by atoms with van der Waals surface area (Å²) in [7, 11) is 0. The predicted molar refractivity (Wildman–Crippen MR) is 86.2 cm³/mol. The number of urea groups is 1. The summed E-state index contributed by atoms with van der Waals surface area (Å²) in [6, 6.07) is 12.6. The highest BCUT2D eigenvalue weighted by Gasteiger charge is 2.23. The lowest BCUT2D eigenvalue weighted by molar-refractivity contribution is -0.255. The zero-order valence-electron chi connectivity index (χ0n) is 12.9. The number of hydrogen-bond donors (Lipinski definition) is 2. The van der Waals surface area contributed by atoms with Gasteiger partial charge in [-0.3, -0.25) is 10.1 Å². The van der Waals surface area contributed by atoms with Crippen LogP contribution in [0.2, 0.25) is 0 Å². The van der Waals surface area contributed by atoms with E-state index in [2.05, 4.69) is 10.6 Å². The molecule has 0 saturated carbocycles. The van der Waals surface area contributed by atoms with Crippen molar-refractivity contribution in [3.05, 3.63) is 70.9 Å². The van der Waals surface area contributed by atoms with Crippen LogP contribution >= 0.6 is 0 Å². The van der Waals surface area contributed by atoms with E-state index >= 15 is 0 Å². The Kier molecular flexibility index (Phi) is 4.47. The van der Waals surface area contributed by atoms with Gasteiger partial charge in [0.1, 0.15) is 18.1 Å². The summed E-state index contributed by atoms with van der Waals surface area (Å²) in [6.45, 7) is 0.214. The molecule has 3 rings (SSSR count). The third-order valence-electron chi connectivity index (χ3n) is 3.52. The molecule has 7 nitrogen and oxygen atoms in total. The summed E-state index contributed by atoms with van der Waals surface area (Å²) in [5, 5.41) is 15.3. The Hall–Kier alpha value is -3.61. The topological polar surface area (TPSA) is 108 Å². The molecule has 1 aliphatic rings. The Balaban J connectivity index is 1.75. The monoisotopic (exact) mass is 337 g/mol. The van der Waals surface area contributed by atoms with E-state index < -0.39 is 17.9 Å². The van der Waals surface area contributed by atoms with Crippen LogP contribution in [0.3, 0.4) is 0 Å². The normalized spacial score (nSPS) is 15.0. The van der Waals surface area contributed by atoms with Crippen LogP contribution in [0, 0.1) is 0 Å². The number of rotatable bonds is 5. The summed E-state index contributed by atoms with van der Waals surface area (Å²) in [5.74, 6) is -1.22. The van der Waals surface area contributed by atoms with Gasteiger partial charge in [-0.1, -0.05) is 42.5 Å². The van der Waals surface area contributed by atoms with Crippen molar-refractivity contribution in [2.45, 2.75) is 6.61 Å². The number of benzene rings is 2. The van der Waals surface area contributed by atoms with E-state index in [1.807, 2.05) is 0 Å². The summed E-state index contributed by atoms with van der Waals surface area (Å²) >= 11 is 0. The van der Waals surface area contributed by atoms with Crippen molar-refractivity contribution in [3.63, 3.8) is 0 Å². The number of nitrogens with one attached hydrogen (secondary N) is 2. The molecule has 3 amide bonds. The summed E-state index contributed by atoms with van der Waals surface area (Å²) in [5.41, 5.74) is 1.64. The van der Waals surface area contributed by atoms with Crippen molar-refractivity contribution >= 4 is 24.0 Å². The molecule has 1 aliphatic heterocycles. The molecule has 0 atom stereocenters. The molecule has 25 heavy (non-hydrogen) atoms. The number of carboxylic acids is 1. The van der Waals surface area contributed by atoms with E-state index in [9.17, 15) is 19.5 Å². The number of carbonyl (C=O) groups is 3. The summed E-state index contributed by atoms with van der Waals surface area (Å²) in [6.07, 6.45) is 1.52. The van der Waals surface area contributed by atoms with Gasteiger partial charge in [-0.2, -0.15) is 0 Å². The number of ether oxygens (including phenoxy) is 1. The van der Waals surface area contributed by atoms with Crippen molar-refractivity contribution in [2.24, 2.45) is 0 Å². The van der Waals surface area contributed by atoms with E-state index in [-0.39, 0.29) is 17.9 Å². The second-order valence-corrected chi connectivity index (χ2v) is 5.28. The molecular weight excluding hydrogens is 324 g/mol. The van der Waals surface area contributed by atoms with Crippen LogP contribution in [0.15, 0.2) is 54.2 Å². The third-order valence-corrected chi connectivity index (χ3v) is 3.52. The average molecular weight is 337 g/mol. The maximum absolute atomic E-state index is 11.6. The largest absolute Gasteiger partial charge is 0.545 e. The second kappa shape index (κ2) is 6.88. The number of amides is 3. The third kappa shape index (κ3) is 3.84. The molecule has 2 N–H and O–H groups in total. The first-order valence-electron chi connectivity index (χ1n) is 7.39. The highest BCUT2D eigenvalue weighted by atomic mass is 16.5. The first-order valence-corrected chi connectivity index (χ1v) is 7.39. The molecular formula is C18H13N2O5-. The molecule has 126 valence electrons. The van der Waals surface area contributed by atoms with Crippen LogP contribution in [0.1, 0.15) is 21.5 Å². The number of imide groups is 1. The maximum Gasteiger partial charge on any atom is 0.326 e. The van der Waals surface area contributed by atoms with Gasteiger partial charge < -0.3 is 20.0 Å². The molecule has 1 heterocycles. The van der Waals surface area contributed by atoms with Gasteiger partial charge >= 0.3 is 6.03 Å². The van der Waals surface area contributed by atoms with E-state index in [1.54, 1.807) is 36.4 Å². The van der Waals surface area contributed by atoms with Crippen molar-refractivity contribution in [1.29, 1.82) is 0 Å². The Labute approximate surface area is 142 Å². The van der Waals surface area contributed by atoms with Crippen LogP contribution < -0.4 is 20.5 Å². The molecule has 1 fully saturated rings. The maximum atomic E-state index is 11.6. The minimum atomic E-state index is -1.23. The second-order valence-electron chi connectivity index (χ2n) is 5.28. The Bertz CT molecular complexity index is 871. The van der Waals surface area contributed by atoms with Crippen molar-refractivity contribution in [1.82, 2.24) is 10.6 Å². The van der Waals surface area contributed by atoms with Crippen LogP contribution in [-0.2, 0) is 11.4 Å². The van der Waals surface area contributed by atoms with Gasteiger partial charge in [-0.05, 0) is 23.3 Å². The molecule has 0 radical (unpaired) electrons. The SMILES string of the molecule is O=C1NC(=O)C(=Cc2ccccc2OCc2ccc(C(=O)[O-])cc2)N1. The first-order chi connectivity index (χ1) is 12.0. The number of hydrogen-bond acceptors (Lipinski definition) is 5. The van der Waals surface area contributed by atoms with Gasteiger partial charge in [0.05, 0.1) is 5.97 Å². The fourth-order valence-electron chi connectivity index (χ4n) is 2.27. The fraction of sp³-hybridized carbons (Fsp3) is 0.0556. The highest BCUT2D eigenvalue weighted by molar-refractivity contribution is 6.14. The molecule has 1 saturated heterocycles. The van der Waals surface area contributed by atoms with Crippen LogP contribution in [0.4, 0.5) is 4.79 Å². The minimum absolute atomic E-state index is 0.0943. The summed E-state index contributed by atoms with van der Waals surface area (Å²) < 4.78 is 5.74. The van der Waals surface area contributed by atoms with Crippen molar-refractivity contribution in [2.75, 3.05) is 0 Å². The molecule has 7 heteroatoms. The van der Waals surface area contributed by atoms with Gasteiger partial charge in [-0.25, -0.2) is 4.79 Å². The Morgan fingerprint density at radius 1 is 1.04 bits per heavy atom. The highest BCUT2D eigenvalue weighted by Crippen LogP contribution is 2.22. The quantitative estimate of drug-likeness (QED) is 0.620. The molecule has 2 aromatic carbocycles. The number of aromatic carboxylic acids is 1. The van der Waals surface area contributed by atoms with Crippen LogP contribution in [0.5, 0.6) is 5.75 Å². The van der Waals surface area contributed by atoms with Gasteiger partial charge in [0.15, 0.2) is 0 Å². The van der Waals surface area contributed by atoms with E-state index in [0.29, 0.717) is 11.3 Å². The van der Waals surface area contributed by atoms with E-state index in [1.165, 1.54) is 18.2 Å². The molecule has 0 bridgehead atoms. The standard InChI is InChI=1S/C18H14N2O5/c21-16-14(19-18(24)20-16)9-13-3-1-2-4-15(13)25-10-11-5-7-12(8-6-11)17(22)23/h1-9H,10H2,(H,22,23)(H2,19,20,21,24)/p-1. The molecule has 2 aromatic rings. The Morgan fingerprint density at radius 2 is 1.76 bits per heavy atom. The van der Waals surface area contributed by atoms with Crippen LogP contribution in [-0.4, -0.2) is 17.9 Å². The summed E-state index contributed by atoms with van der Waals surface area (Å²) in [4.78, 5) is 33.5. The lowest BCUT2D eigenvalue weighted by Gasteiger charge is -2.10. The van der Waals surface area contributed by atoms with Gasteiger partial charge in [0.2, 0.25) is 0 Å². The van der Waals surface area contributed by atoms with Crippen LogP contribution in [0.25, 0.3) is 6.08 Å². The molecule has 0 aliphatic carbocycles. The van der Waals surface area contributed by atoms with Gasteiger partial charge in [0, 0.05) is 5.56 Å². The van der Waals surface area contributed by atoms with Crippen molar-refractivity contribution < 1.29 is 24.2 Å². The lowest BCUT2D eigenvalue weighted by atomic mass is 10.1. The van der Waals surface area contributed by atoms with Gasteiger partial charge in [0.25, 0.3) is 5.91 Å². The number of para-hydroxylation sites is 1. The average Bonchev–Trinajstić information content (AvgIpc) is 2.91. The number of carboxylic acid groups (broad SMARTS) is 1. The smallest absolute Gasteiger partial charge is 0.326 e. The van der Waals surface area contributed by atoms with E-state index in [4.69, 9.17) is 4.74 Å². The molecule has 0 spiro atoms. The van der Waals surface area contributed by atoms with Crippen molar-refractivity contribution in [3.8, 4) is 5.75 Å². The Morgan fingerprint density at radius 3 is 2.40 bits per heavy atom. The minimum Gasteiger partial charge on any atom is -0.545 e. The fourth-order valence-corrected chi connectivity index (χ4v) is 2.27. The molecule has 0 aromatic heterocycles.